The lowest BCUT2D eigenvalue weighted by Gasteiger charge is -2.12. The number of nitrogens with zero attached hydrogens (tertiary/aromatic N) is 3. The Hall–Kier alpha value is -2.31. The van der Waals surface area contributed by atoms with Gasteiger partial charge in [0.25, 0.3) is 5.91 Å². The second-order valence-electron chi connectivity index (χ2n) is 5.63. The van der Waals surface area contributed by atoms with Crippen molar-refractivity contribution in [1.82, 2.24) is 25.7 Å². The SMILES string of the molecule is CN=C(NCCNC(=O)c1ccc(C(F)(F)F)cc1)NCc1ccnn1C.I. The number of nitrogens with one attached hydrogen (secondary N) is 3. The fourth-order valence-electron chi connectivity index (χ4n) is 2.24. The molecule has 28 heavy (non-hydrogen) atoms. The molecule has 1 aromatic heterocycles. The maximum atomic E-state index is 12.5. The molecular formula is C17H22F3IN6O. The van der Waals surface area contributed by atoms with Crippen LogP contribution in [0.2, 0.25) is 0 Å². The monoisotopic (exact) mass is 510 g/mol. The van der Waals surface area contributed by atoms with Crippen LogP contribution in [-0.4, -0.2) is 41.8 Å². The van der Waals surface area contributed by atoms with Crippen LogP contribution >= 0.6 is 24.0 Å². The molecule has 0 aliphatic rings. The highest BCUT2D eigenvalue weighted by Crippen LogP contribution is 2.28. The third-order valence-electron chi connectivity index (χ3n) is 3.76. The molecule has 0 bridgehead atoms. The fraction of sp³-hybridized carbons (Fsp3) is 0.353. The molecule has 154 valence electrons. The highest BCUT2D eigenvalue weighted by atomic mass is 127. The number of amides is 1. The van der Waals surface area contributed by atoms with Gasteiger partial charge < -0.3 is 16.0 Å². The largest absolute Gasteiger partial charge is 0.416 e. The van der Waals surface area contributed by atoms with Gasteiger partial charge in [-0.25, -0.2) is 0 Å². The standard InChI is InChI=1S/C17H21F3N6O.HI/c1-21-16(24-11-14-7-8-25-26(14)2)23-10-9-22-15(27)12-3-5-13(6-4-12)17(18,19)20;/h3-8H,9-11H2,1-2H3,(H,22,27)(H2,21,23,24);1H. The number of hydrogen-bond donors (Lipinski definition) is 3. The van der Waals surface area contributed by atoms with E-state index in [0.717, 1.165) is 30.0 Å². The van der Waals surface area contributed by atoms with Crippen LogP contribution < -0.4 is 16.0 Å². The number of aromatic nitrogens is 2. The molecular weight excluding hydrogens is 488 g/mol. The highest BCUT2D eigenvalue weighted by Gasteiger charge is 2.30. The zero-order valence-electron chi connectivity index (χ0n) is 15.4. The third kappa shape index (κ3) is 7.02. The number of hydrogen-bond acceptors (Lipinski definition) is 3. The van der Waals surface area contributed by atoms with E-state index in [-0.39, 0.29) is 36.1 Å². The van der Waals surface area contributed by atoms with Gasteiger partial charge in [-0.15, -0.1) is 24.0 Å². The summed E-state index contributed by atoms with van der Waals surface area (Å²) in [6.45, 7) is 1.22. The summed E-state index contributed by atoms with van der Waals surface area (Å²) >= 11 is 0. The minimum absolute atomic E-state index is 0. The number of rotatable bonds is 6. The van der Waals surface area contributed by atoms with Crippen LogP contribution in [0.15, 0.2) is 41.5 Å². The van der Waals surface area contributed by atoms with E-state index in [9.17, 15) is 18.0 Å². The Morgan fingerprint density at radius 3 is 2.29 bits per heavy atom. The number of halogens is 4. The van der Waals surface area contributed by atoms with Gasteiger partial charge >= 0.3 is 6.18 Å². The Morgan fingerprint density at radius 2 is 1.75 bits per heavy atom. The number of guanidine groups is 1. The maximum absolute atomic E-state index is 12.5. The molecule has 0 atom stereocenters. The molecule has 0 saturated heterocycles. The molecule has 3 N–H and O–H groups in total. The molecule has 0 spiro atoms. The predicted octanol–water partition coefficient (Wildman–Crippen LogP) is 2.15. The first-order valence-corrected chi connectivity index (χ1v) is 8.18. The number of benzene rings is 1. The average Bonchev–Trinajstić information content (AvgIpc) is 3.05. The van der Waals surface area contributed by atoms with Crippen LogP contribution in [0.4, 0.5) is 13.2 Å². The van der Waals surface area contributed by atoms with E-state index in [2.05, 4.69) is 26.0 Å². The van der Waals surface area contributed by atoms with Crippen molar-refractivity contribution in [2.75, 3.05) is 20.1 Å². The second kappa shape index (κ2) is 10.9. The predicted molar refractivity (Wildman–Crippen MR) is 111 cm³/mol. The van der Waals surface area contributed by atoms with Gasteiger partial charge in [0.05, 0.1) is 17.8 Å². The van der Waals surface area contributed by atoms with Crippen molar-refractivity contribution in [3.05, 3.63) is 53.3 Å². The normalized spacial score (nSPS) is 11.5. The van der Waals surface area contributed by atoms with Gasteiger partial charge in [-0.1, -0.05) is 0 Å². The van der Waals surface area contributed by atoms with Gasteiger partial charge in [0, 0.05) is 38.9 Å². The zero-order valence-corrected chi connectivity index (χ0v) is 17.7. The van der Waals surface area contributed by atoms with Gasteiger partial charge in [-0.3, -0.25) is 14.5 Å². The Balaban J connectivity index is 0.00000392. The third-order valence-corrected chi connectivity index (χ3v) is 3.76. The van der Waals surface area contributed by atoms with Crippen molar-refractivity contribution in [2.24, 2.45) is 12.0 Å². The summed E-state index contributed by atoms with van der Waals surface area (Å²) in [5, 5.41) is 12.8. The van der Waals surface area contributed by atoms with Crippen molar-refractivity contribution >= 4 is 35.8 Å². The van der Waals surface area contributed by atoms with Crippen molar-refractivity contribution in [2.45, 2.75) is 12.7 Å². The molecule has 11 heteroatoms. The smallest absolute Gasteiger partial charge is 0.355 e. The van der Waals surface area contributed by atoms with E-state index >= 15 is 0 Å². The number of carbonyl (C=O) groups excluding carboxylic acids is 1. The fourth-order valence-corrected chi connectivity index (χ4v) is 2.24. The van der Waals surface area contributed by atoms with E-state index in [1.165, 1.54) is 0 Å². The Bertz CT molecular complexity index is 789. The minimum atomic E-state index is -4.42. The molecule has 7 nitrogen and oxygen atoms in total. The average molecular weight is 510 g/mol. The number of carbonyl (C=O) groups is 1. The van der Waals surface area contributed by atoms with Crippen molar-refractivity contribution in [1.29, 1.82) is 0 Å². The quantitative estimate of drug-likeness (QED) is 0.241. The molecule has 1 amide bonds. The lowest BCUT2D eigenvalue weighted by molar-refractivity contribution is -0.137. The van der Waals surface area contributed by atoms with Crippen LogP contribution in [0.25, 0.3) is 0 Å². The van der Waals surface area contributed by atoms with E-state index in [0.29, 0.717) is 19.0 Å². The van der Waals surface area contributed by atoms with Gasteiger partial charge in [-0.05, 0) is 30.3 Å². The first kappa shape index (κ1) is 23.7. The molecule has 2 rings (SSSR count). The van der Waals surface area contributed by atoms with Gasteiger partial charge in [-0.2, -0.15) is 18.3 Å². The summed E-state index contributed by atoms with van der Waals surface area (Å²) in [6.07, 6.45) is -2.72. The zero-order chi connectivity index (χ0) is 19.9. The first-order valence-electron chi connectivity index (χ1n) is 8.18. The van der Waals surface area contributed by atoms with Crippen LogP contribution in [0.5, 0.6) is 0 Å². The topological polar surface area (TPSA) is 83.3 Å². The van der Waals surface area contributed by atoms with Crippen molar-refractivity contribution in [3.8, 4) is 0 Å². The van der Waals surface area contributed by atoms with Crippen LogP contribution in [0, 0.1) is 0 Å². The Kier molecular flexibility index (Phi) is 9.22. The molecule has 0 aliphatic carbocycles. The Labute approximate surface area is 177 Å². The summed E-state index contributed by atoms with van der Waals surface area (Å²) in [5.74, 6) is 0.114. The minimum Gasteiger partial charge on any atom is -0.355 e. The molecule has 0 radical (unpaired) electrons. The van der Waals surface area contributed by atoms with E-state index in [4.69, 9.17) is 0 Å². The summed E-state index contributed by atoms with van der Waals surface area (Å²) < 4.78 is 39.3. The highest BCUT2D eigenvalue weighted by molar-refractivity contribution is 14.0. The van der Waals surface area contributed by atoms with Gasteiger partial charge in [0.15, 0.2) is 5.96 Å². The van der Waals surface area contributed by atoms with Crippen molar-refractivity contribution in [3.63, 3.8) is 0 Å². The summed E-state index contributed by atoms with van der Waals surface area (Å²) in [6, 6.07) is 5.96. The van der Waals surface area contributed by atoms with Crippen LogP contribution in [0.3, 0.4) is 0 Å². The summed E-state index contributed by atoms with van der Waals surface area (Å²) in [5.41, 5.74) is 0.360. The second-order valence-corrected chi connectivity index (χ2v) is 5.63. The van der Waals surface area contributed by atoms with E-state index < -0.39 is 17.6 Å². The van der Waals surface area contributed by atoms with E-state index in [1.54, 1.807) is 17.9 Å². The molecule has 0 aliphatic heterocycles. The number of aliphatic imine (C=N–C) groups is 1. The van der Waals surface area contributed by atoms with E-state index in [1.807, 2.05) is 13.1 Å². The molecule has 0 saturated carbocycles. The maximum Gasteiger partial charge on any atom is 0.416 e. The van der Waals surface area contributed by atoms with Gasteiger partial charge in [0.1, 0.15) is 0 Å². The lowest BCUT2D eigenvalue weighted by atomic mass is 10.1. The molecule has 2 aromatic rings. The van der Waals surface area contributed by atoms with Gasteiger partial charge in [0.2, 0.25) is 0 Å². The number of alkyl halides is 3. The lowest BCUT2D eigenvalue weighted by Crippen LogP contribution is -2.41. The van der Waals surface area contributed by atoms with Crippen LogP contribution in [-0.2, 0) is 19.8 Å². The van der Waals surface area contributed by atoms with Crippen LogP contribution in [0.1, 0.15) is 21.6 Å². The first-order chi connectivity index (χ1) is 12.8. The molecule has 1 heterocycles. The molecule has 0 fully saturated rings. The molecule has 1 aromatic carbocycles. The molecule has 0 unspecified atom stereocenters. The Morgan fingerprint density at radius 1 is 1.11 bits per heavy atom. The number of aryl methyl sites for hydroxylation is 1. The summed E-state index contributed by atoms with van der Waals surface area (Å²) in [4.78, 5) is 16.0. The summed E-state index contributed by atoms with van der Waals surface area (Å²) in [7, 11) is 3.46. The van der Waals surface area contributed by atoms with Crippen molar-refractivity contribution < 1.29 is 18.0 Å².